The Morgan fingerprint density at radius 3 is 2.81 bits per heavy atom. The highest BCUT2D eigenvalue weighted by atomic mass is 16.1. The molecule has 1 fully saturated rings. The topological polar surface area (TPSA) is 83.0 Å². The molecule has 5 rings (SSSR count). The summed E-state index contributed by atoms with van der Waals surface area (Å²) in [6.07, 6.45) is 5.43. The molecule has 7 heteroatoms. The molecule has 4 aromatic rings. The number of hydrogen-bond donors (Lipinski definition) is 2. The third kappa shape index (κ3) is 3.61. The van der Waals surface area contributed by atoms with Crippen molar-refractivity contribution in [3.8, 4) is 0 Å². The van der Waals surface area contributed by atoms with E-state index in [4.69, 9.17) is 0 Å². The van der Waals surface area contributed by atoms with E-state index in [1.807, 2.05) is 6.07 Å². The van der Waals surface area contributed by atoms with Gasteiger partial charge in [0.05, 0.1) is 11.0 Å². The second kappa shape index (κ2) is 7.67. The standard InChI is InChI=1S/C24H25N5O2/c1-28-10-4-3-5-21(28)19-12-17-14-25-22(13-18(17)26-19)27-24(31)16-6-8-20-15(11-16)7-9-23(30)29(20)2/h6-9,11-14,21,26H,3-5,10H2,1-2H3,(H,25,27,31)/t21-/m1/s1. The summed E-state index contributed by atoms with van der Waals surface area (Å²) < 4.78 is 1.57. The van der Waals surface area contributed by atoms with Crippen molar-refractivity contribution < 1.29 is 4.79 Å². The lowest BCUT2D eigenvalue weighted by molar-refractivity contribution is 0.102. The molecule has 1 atom stereocenters. The van der Waals surface area contributed by atoms with Gasteiger partial charge >= 0.3 is 0 Å². The van der Waals surface area contributed by atoms with Gasteiger partial charge in [-0.3, -0.25) is 14.5 Å². The summed E-state index contributed by atoms with van der Waals surface area (Å²) >= 11 is 0. The van der Waals surface area contributed by atoms with Crippen molar-refractivity contribution in [2.45, 2.75) is 25.3 Å². The molecule has 31 heavy (non-hydrogen) atoms. The Morgan fingerprint density at radius 2 is 1.97 bits per heavy atom. The van der Waals surface area contributed by atoms with Crippen LogP contribution in [-0.2, 0) is 7.05 Å². The number of carbonyl (C=O) groups excluding carboxylic acids is 1. The van der Waals surface area contributed by atoms with Crippen molar-refractivity contribution in [1.82, 2.24) is 19.4 Å². The van der Waals surface area contributed by atoms with Crippen LogP contribution in [-0.4, -0.2) is 38.9 Å². The average Bonchev–Trinajstić information content (AvgIpc) is 3.19. The maximum Gasteiger partial charge on any atom is 0.256 e. The number of fused-ring (bicyclic) bond motifs is 2. The Hall–Kier alpha value is -3.45. The van der Waals surface area contributed by atoms with Crippen LogP contribution in [0.3, 0.4) is 0 Å². The van der Waals surface area contributed by atoms with Crippen LogP contribution in [0.4, 0.5) is 5.82 Å². The van der Waals surface area contributed by atoms with Gasteiger partial charge in [0.2, 0.25) is 0 Å². The van der Waals surface area contributed by atoms with Crippen LogP contribution in [0.1, 0.15) is 41.4 Å². The first-order valence-electron chi connectivity index (χ1n) is 10.6. The minimum absolute atomic E-state index is 0.0769. The largest absolute Gasteiger partial charge is 0.357 e. The Bertz CT molecular complexity index is 1350. The number of amides is 1. The summed E-state index contributed by atoms with van der Waals surface area (Å²) in [5.41, 5.74) is 3.39. The molecule has 0 spiro atoms. The average molecular weight is 415 g/mol. The molecule has 1 aromatic carbocycles. The van der Waals surface area contributed by atoms with E-state index in [1.165, 1.54) is 24.6 Å². The number of carbonyl (C=O) groups is 1. The first-order chi connectivity index (χ1) is 15.0. The Balaban J connectivity index is 1.39. The highest BCUT2D eigenvalue weighted by molar-refractivity contribution is 6.06. The molecule has 3 aromatic heterocycles. The molecule has 0 aliphatic carbocycles. The fraction of sp³-hybridized carbons (Fsp3) is 0.292. The van der Waals surface area contributed by atoms with E-state index in [0.29, 0.717) is 17.4 Å². The van der Waals surface area contributed by atoms with Gasteiger partial charge < -0.3 is 14.9 Å². The minimum Gasteiger partial charge on any atom is -0.357 e. The van der Waals surface area contributed by atoms with E-state index < -0.39 is 0 Å². The van der Waals surface area contributed by atoms with E-state index in [2.05, 4.69) is 33.3 Å². The SMILES string of the molecule is CN1CCCC[C@@H]1c1cc2cnc(NC(=O)c3ccc4c(ccc(=O)n4C)c3)cc2[nH]1. The first kappa shape index (κ1) is 19.5. The highest BCUT2D eigenvalue weighted by Crippen LogP contribution is 2.31. The maximum atomic E-state index is 12.8. The van der Waals surface area contributed by atoms with Gasteiger partial charge in [-0.2, -0.15) is 0 Å². The number of aromatic nitrogens is 3. The number of pyridine rings is 2. The summed E-state index contributed by atoms with van der Waals surface area (Å²) in [7, 11) is 3.89. The molecule has 2 N–H and O–H groups in total. The molecule has 1 aliphatic heterocycles. The molecule has 1 aliphatic rings. The van der Waals surface area contributed by atoms with Gasteiger partial charge in [-0.25, -0.2) is 4.98 Å². The zero-order valence-electron chi connectivity index (χ0n) is 17.7. The number of anilines is 1. The van der Waals surface area contributed by atoms with Gasteiger partial charge in [0.25, 0.3) is 11.5 Å². The fourth-order valence-electron chi connectivity index (χ4n) is 4.48. The molecule has 0 radical (unpaired) electrons. The highest BCUT2D eigenvalue weighted by Gasteiger charge is 2.22. The third-order valence-corrected chi connectivity index (χ3v) is 6.28. The van der Waals surface area contributed by atoms with Crippen molar-refractivity contribution in [2.75, 3.05) is 18.9 Å². The number of piperidine rings is 1. The fourth-order valence-corrected chi connectivity index (χ4v) is 4.48. The van der Waals surface area contributed by atoms with Crippen LogP contribution in [0.5, 0.6) is 0 Å². The lowest BCUT2D eigenvalue weighted by atomic mass is 10.0. The lowest BCUT2D eigenvalue weighted by Crippen LogP contribution is -2.29. The zero-order chi connectivity index (χ0) is 21.5. The summed E-state index contributed by atoms with van der Waals surface area (Å²) in [6.45, 7) is 1.11. The molecule has 1 amide bonds. The van der Waals surface area contributed by atoms with Crippen LogP contribution in [0.2, 0.25) is 0 Å². The number of likely N-dealkylation sites (tertiary alicyclic amines) is 1. The van der Waals surface area contributed by atoms with E-state index in [9.17, 15) is 9.59 Å². The van der Waals surface area contributed by atoms with Crippen molar-refractivity contribution in [2.24, 2.45) is 7.05 Å². The number of rotatable bonds is 3. The number of aryl methyl sites for hydroxylation is 1. The molecule has 7 nitrogen and oxygen atoms in total. The maximum absolute atomic E-state index is 12.8. The van der Waals surface area contributed by atoms with Gasteiger partial charge in [0, 0.05) is 48.1 Å². The minimum atomic E-state index is -0.235. The van der Waals surface area contributed by atoms with E-state index in [0.717, 1.165) is 34.8 Å². The van der Waals surface area contributed by atoms with Gasteiger partial charge in [-0.15, -0.1) is 0 Å². The van der Waals surface area contributed by atoms with Crippen LogP contribution >= 0.6 is 0 Å². The number of nitrogens with zero attached hydrogens (tertiary/aromatic N) is 3. The van der Waals surface area contributed by atoms with Gasteiger partial charge in [0.15, 0.2) is 0 Å². The summed E-state index contributed by atoms with van der Waals surface area (Å²) in [5.74, 6) is 0.268. The van der Waals surface area contributed by atoms with Crippen molar-refractivity contribution in [1.29, 1.82) is 0 Å². The quantitative estimate of drug-likeness (QED) is 0.533. The number of H-pyrrole nitrogens is 1. The number of benzene rings is 1. The van der Waals surface area contributed by atoms with Gasteiger partial charge in [-0.1, -0.05) is 6.42 Å². The van der Waals surface area contributed by atoms with Crippen LogP contribution < -0.4 is 10.9 Å². The normalized spacial score (nSPS) is 17.3. The first-order valence-corrected chi connectivity index (χ1v) is 10.6. The molecule has 0 unspecified atom stereocenters. The number of aromatic amines is 1. The smallest absolute Gasteiger partial charge is 0.256 e. The summed E-state index contributed by atoms with van der Waals surface area (Å²) in [6, 6.07) is 13.0. The Kier molecular flexibility index (Phi) is 4.82. The molecule has 158 valence electrons. The van der Waals surface area contributed by atoms with Gasteiger partial charge in [-0.05, 0) is 62.2 Å². The van der Waals surface area contributed by atoms with Crippen molar-refractivity contribution in [3.63, 3.8) is 0 Å². The predicted octanol–water partition coefficient (Wildman–Crippen LogP) is 3.82. The van der Waals surface area contributed by atoms with Crippen LogP contribution in [0.15, 0.2) is 53.5 Å². The van der Waals surface area contributed by atoms with Crippen LogP contribution in [0.25, 0.3) is 21.8 Å². The lowest BCUT2D eigenvalue weighted by Gasteiger charge is -2.31. The van der Waals surface area contributed by atoms with E-state index >= 15 is 0 Å². The molecule has 0 bridgehead atoms. The third-order valence-electron chi connectivity index (χ3n) is 6.28. The molecular weight excluding hydrogens is 390 g/mol. The second-order valence-electron chi connectivity index (χ2n) is 8.33. The summed E-state index contributed by atoms with van der Waals surface area (Å²) in [5, 5.41) is 4.77. The molecule has 4 heterocycles. The number of hydrogen-bond acceptors (Lipinski definition) is 4. The monoisotopic (exact) mass is 415 g/mol. The van der Waals surface area contributed by atoms with Crippen molar-refractivity contribution >= 4 is 33.5 Å². The molecule has 1 saturated heterocycles. The second-order valence-corrected chi connectivity index (χ2v) is 8.33. The van der Waals surface area contributed by atoms with Crippen molar-refractivity contribution in [3.05, 3.63) is 70.3 Å². The van der Waals surface area contributed by atoms with Gasteiger partial charge in [0.1, 0.15) is 5.82 Å². The Labute approximate surface area is 179 Å². The number of nitrogens with one attached hydrogen (secondary N) is 2. The Morgan fingerprint density at radius 1 is 1.10 bits per heavy atom. The predicted molar refractivity (Wildman–Crippen MR) is 122 cm³/mol. The van der Waals surface area contributed by atoms with E-state index in [-0.39, 0.29) is 11.5 Å². The van der Waals surface area contributed by atoms with Crippen LogP contribution in [0, 0.1) is 0 Å². The zero-order valence-corrected chi connectivity index (χ0v) is 17.7. The molecular formula is C24H25N5O2. The molecule has 0 saturated carbocycles. The van der Waals surface area contributed by atoms with E-state index in [1.54, 1.807) is 42.1 Å². The summed E-state index contributed by atoms with van der Waals surface area (Å²) in [4.78, 5) is 34.9.